The van der Waals surface area contributed by atoms with Crippen LogP contribution in [0.3, 0.4) is 0 Å². The maximum Gasteiger partial charge on any atom is 0.573 e. The Kier molecular flexibility index (Phi) is 3.51. The lowest BCUT2D eigenvalue weighted by atomic mass is 10.1. The maximum atomic E-state index is 12.8. The Hall–Kier alpha value is -1.59. The zero-order chi connectivity index (χ0) is 12.3. The highest BCUT2D eigenvalue weighted by Crippen LogP contribution is 2.27. The van der Waals surface area contributed by atoms with Crippen LogP contribution in [0.5, 0.6) is 5.75 Å². The summed E-state index contributed by atoms with van der Waals surface area (Å²) in [6.45, 7) is 1.46. The maximum absolute atomic E-state index is 12.8. The summed E-state index contributed by atoms with van der Waals surface area (Å²) in [5.74, 6) is -2.08. The van der Waals surface area contributed by atoms with Crippen molar-refractivity contribution < 1.29 is 27.1 Å². The van der Waals surface area contributed by atoms with Crippen molar-refractivity contribution in [3.8, 4) is 5.75 Å². The van der Waals surface area contributed by atoms with Gasteiger partial charge < -0.3 is 4.74 Å². The van der Waals surface area contributed by atoms with Gasteiger partial charge in [0.05, 0.1) is 5.56 Å². The average molecular weight is 236 g/mol. The van der Waals surface area contributed by atoms with E-state index >= 15 is 0 Å². The average Bonchev–Trinajstić information content (AvgIpc) is 2.17. The van der Waals surface area contributed by atoms with Crippen LogP contribution in [0.15, 0.2) is 18.2 Å². The quantitative estimate of drug-likeness (QED) is 0.594. The van der Waals surface area contributed by atoms with Crippen molar-refractivity contribution >= 4 is 5.78 Å². The summed E-state index contributed by atoms with van der Waals surface area (Å²) in [5.41, 5.74) is -0.403. The van der Waals surface area contributed by atoms with Crippen LogP contribution in [0.4, 0.5) is 17.6 Å². The fourth-order valence-corrected chi connectivity index (χ4v) is 1.12. The van der Waals surface area contributed by atoms with Crippen molar-refractivity contribution in [3.63, 3.8) is 0 Å². The Bertz CT molecular complexity index is 398. The Balaban J connectivity index is 3.13. The van der Waals surface area contributed by atoms with Gasteiger partial charge in [-0.05, 0) is 18.2 Å². The normalized spacial score (nSPS) is 11.3. The second-order valence-electron chi connectivity index (χ2n) is 2.97. The van der Waals surface area contributed by atoms with Crippen LogP contribution in [0.25, 0.3) is 0 Å². The van der Waals surface area contributed by atoms with Gasteiger partial charge in [-0.15, -0.1) is 13.2 Å². The molecule has 0 radical (unpaired) electrons. The van der Waals surface area contributed by atoms with E-state index in [4.69, 9.17) is 0 Å². The number of ketones is 1. The van der Waals surface area contributed by atoms with Gasteiger partial charge in [-0.2, -0.15) is 0 Å². The number of Topliss-reactive ketones (excluding diaryl/α,β-unsaturated/α-hetero) is 1. The number of hydrogen-bond acceptors (Lipinski definition) is 2. The molecule has 1 aromatic carbocycles. The van der Waals surface area contributed by atoms with E-state index in [0.717, 1.165) is 18.2 Å². The summed E-state index contributed by atoms with van der Waals surface area (Å²) in [4.78, 5) is 11.3. The zero-order valence-electron chi connectivity index (χ0n) is 8.27. The van der Waals surface area contributed by atoms with Gasteiger partial charge in [-0.3, -0.25) is 4.79 Å². The third-order valence-electron chi connectivity index (χ3n) is 1.79. The lowest BCUT2D eigenvalue weighted by Crippen LogP contribution is -2.19. The van der Waals surface area contributed by atoms with E-state index in [-0.39, 0.29) is 6.42 Å². The minimum Gasteiger partial charge on any atom is -0.405 e. The van der Waals surface area contributed by atoms with Crippen LogP contribution in [-0.2, 0) is 0 Å². The number of halogens is 4. The Morgan fingerprint density at radius 2 is 2.00 bits per heavy atom. The molecule has 1 rings (SSSR count). The standard InChI is InChI=1S/C10H8F4O2/c1-2-8(15)7-5-6(11)3-4-9(7)16-10(12,13)14/h3-5H,2H2,1H3. The largest absolute Gasteiger partial charge is 0.573 e. The molecule has 6 heteroatoms. The van der Waals surface area contributed by atoms with E-state index in [0.29, 0.717) is 0 Å². The highest BCUT2D eigenvalue weighted by molar-refractivity contribution is 5.98. The van der Waals surface area contributed by atoms with Gasteiger partial charge in [0.25, 0.3) is 0 Å². The topological polar surface area (TPSA) is 26.3 Å². The number of benzene rings is 1. The second kappa shape index (κ2) is 4.51. The first-order valence-electron chi connectivity index (χ1n) is 4.42. The minimum absolute atomic E-state index is 0.0301. The number of rotatable bonds is 3. The molecule has 0 spiro atoms. The van der Waals surface area contributed by atoms with Crippen LogP contribution in [0.1, 0.15) is 23.7 Å². The van der Waals surface area contributed by atoms with Gasteiger partial charge >= 0.3 is 6.36 Å². The number of alkyl halides is 3. The lowest BCUT2D eigenvalue weighted by Gasteiger charge is -2.12. The lowest BCUT2D eigenvalue weighted by molar-refractivity contribution is -0.274. The third-order valence-corrected chi connectivity index (χ3v) is 1.79. The van der Waals surface area contributed by atoms with Crippen LogP contribution in [0.2, 0.25) is 0 Å². The molecule has 0 amide bonds. The van der Waals surface area contributed by atoms with Gasteiger partial charge in [0.2, 0.25) is 0 Å². The molecule has 1 aromatic rings. The van der Waals surface area contributed by atoms with Gasteiger partial charge in [-0.25, -0.2) is 4.39 Å². The highest BCUT2D eigenvalue weighted by atomic mass is 19.4. The summed E-state index contributed by atoms with van der Waals surface area (Å²) in [7, 11) is 0. The molecular weight excluding hydrogens is 228 g/mol. The van der Waals surface area contributed by atoms with Crippen molar-refractivity contribution in [2.24, 2.45) is 0 Å². The number of carbonyl (C=O) groups is 1. The molecule has 0 N–H and O–H groups in total. The highest BCUT2D eigenvalue weighted by Gasteiger charge is 2.32. The molecule has 0 saturated carbocycles. The molecule has 16 heavy (non-hydrogen) atoms. The molecule has 0 bridgehead atoms. The van der Waals surface area contributed by atoms with Crippen molar-refractivity contribution in [1.82, 2.24) is 0 Å². The van der Waals surface area contributed by atoms with Crippen molar-refractivity contribution in [2.45, 2.75) is 19.7 Å². The first-order valence-corrected chi connectivity index (χ1v) is 4.42. The monoisotopic (exact) mass is 236 g/mol. The molecule has 0 unspecified atom stereocenters. The van der Waals surface area contributed by atoms with E-state index in [9.17, 15) is 22.4 Å². The number of hydrogen-bond donors (Lipinski definition) is 0. The Morgan fingerprint density at radius 3 is 2.50 bits per heavy atom. The molecular formula is C10H8F4O2. The Labute approximate surface area is 88.8 Å². The van der Waals surface area contributed by atoms with Crippen LogP contribution >= 0.6 is 0 Å². The molecule has 88 valence electrons. The molecule has 0 aliphatic rings. The first kappa shape index (κ1) is 12.5. The summed E-state index contributed by atoms with van der Waals surface area (Å²) >= 11 is 0. The van der Waals surface area contributed by atoms with E-state index < -0.39 is 29.3 Å². The predicted molar refractivity (Wildman–Crippen MR) is 47.7 cm³/mol. The van der Waals surface area contributed by atoms with Gasteiger partial charge in [0, 0.05) is 6.42 Å². The molecule has 0 heterocycles. The van der Waals surface area contributed by atoms with Gasteiger partial charge in [-0.1, -0.05) is 6.92 Å². The fourth-order valence-electron chi connectivity index (χ4n) is 1.12. The molecule has 0 fully saturated rings. The SMILES string of the molecule is CCC(=O)c1cc(F)ccc1OC(F)(F)F. The van der Waals surface area contributed by atoms with E-state index in [2.05, 4.69) is 4.74 Å². The van der Waals surface area contributed by atoms with Crippen LogP contribution in [-0.4, -0.2) is 12.1 Å². The van der Waals surface area contributed by atoms with Crippen molar-refractivity contribution in [2.75, 3.05) is 0 Å². The first-order chi connectivity index (χ1) is 7.33. The van der Waals surface area contributed by atoms with E-state index in [1.165, 1.54) is 6.92 Å². The van der Waals surface area contributed by atoms with Crippen molar-refractivity contribution in [3.05, 3.63) is 29.6 Å². The molecule has 0 aliphatic carbocycles. The van der Waals surface area contributed by atoms with Gasteiger partial charge in [0.1, 0.15) is 11.6 Å². The molecule has 0 atom stereocenters. The Morgan fingerprint density at radius 1 is 1.38 bits per heavy atom. The second-order valence-corrected chi connectivity index (χ2v) is 2.97. The smallest absolute Gasteiger partial charge is 0.405 e. The van der Waals surface area contributed by atoms with E-state index in [1.54, 1.807) is 0 Å². The zero-order valence-corrected chi connectivity index (χ0v) is 8.27. The fraction of sp³-hybridized carbons (Fsp3) is 0.300. The van der Waals surface area contributed by atoms with Crippen LogP contribution in [0, 0.1) is 5.82 Å². The van der Waals surface area contributed by atoms with Gasteiger partial charge in [0.15, 0.2) is 5.78 Å². The number of carbonyl (C=O) groups excluding carboxylic acids is 1. The molecule has 0 saturated heterocycles. The summed E-state index contributed by atoms with van der Waals surface area (Å²) < 4.78 is 52.3. The van der Waals surface area contributed by atoms with Crippen LogP contribution < -0.4 is 4.74 Å². The summed E-state index contributed by atoms with van der Waals surface area (Å²) in [6.07, 6.45) is -4.93. The predicted octanol–water partition coefficient (Wildman–Crippen LogP) is 3.32. The number of ether oxygens (including phenoxy) is 1. The minimum atomic E-state index is -4.90. The molecule has 0 aromatic heterocycles. The third kappa shape index (κ3) is 3.22. The van der Waals surface area contributed by atoms with Crippen molar-refractivity contribution in [1.29, 1.82) is 0 Å². The summed E-state index contributed by atoms with van der Waals surface area (Å²) in [5, 5.41) is 0. The molecule has 2 nitrogen and oxygen atoms in total. The summed E-state index contributed by atoms with van der Waals surface area (Å²) in [6, 6.07) is 2.31. The molecule has 0 aliphatic heterocycles. The van der Waals surface area contributed by atoms with E-state index in [1.807, 2.05) is 0 Å².